The predicted octanol–water partition coefficient (Wildman–Crippen LogP) is 8.68. The molecule has 0 saturated heterocycles. The number of ketones is 1. The van der Waals surface area contributed by atoms with Gasteiger partial charge in [0.1, 0.15) is 17.4 Å². The first-order chi connectivity index (χ1) is 16.2. The van der Waals surface area contributed by atoms with Gasteiger partial charge in [-0.25, -0.2) is 8.78 Å². The number of hydrogen-bond acceptors (Lipinski definition) is 4. The number of rotatable bonds is 7. The van der Waals surface area contributed by atoms with Crippen molar-refractivity contribution < 1.29 is 18.3 Å². The third kappa shape index (κ3) is 7.19. The number of halogens is 2. The number of allylic oxidation sites excluding steroid dienone is 2. The number of hydrogen-bond donors (Lipinski definition) is 0. The van der Waals surface area contributed by atoms with Crippen molar-refractivity contribution in [1.82, 2.24) is 4.98 Å². The Hall–Kier alpha value is -3.12. The van der Waals surface area contributed by atoms with Gasteiger partial charge in [-0.3, -0.25) is 9.78 Å². The van der Waals surface area contributed by atoms with E-state index in [9.17, 15) is 13.6 Å². The summed E-state index contributed by atoms with van der Waals surface area (Å²) in [7, 11) is 0. The van der Waals surface area contributed by atoms with E-state index in [-0.39, 0.29) is 6.42 Å². The SMILES string of the molecule is C/C=C(\O/C=C(\C)CC)c1cc(-c2ccc(C)nc2)c(C)s1.CCC(=O)c1c(F)cccc1F. The van der Waals surface area contributed by atoms with Gasteiger partial charge < -0.3 is 4.74 Å². The summed E-state index contributed by atoms with van der Waals surface area (Å²) in [6, 6.07) is 9.75. The number of benzene rings is 1. The molecule has 0 N–H and O–H groups in total. The number of aryl methyl sites for hydroxylation is 2. The van der Waals surface area contributed by atoms with Gasteiger partial charge in [-0.05, 0) is 75.6 Å². The first kappa shape index (κ1) is 27.1. The fraction of sp³-hybridized carbons (Fsp3) is 0.286. The number of ether oxygens (including phenoxy) is 1. The lowest BCUT2D eigenvalue weighted by molar-refractivity contribution is 0.0980. The number of aromatic nitrogens is 1. The second-order valence-corrected chi connectivity index (χ2v) is 8.99. The summed E-state index contributed by atoms with van der Waals surface area (Å²) >= 11 is 1.76. The second-order valence-electron chi connectivity index (χ2n) is 7.73. The van der Waals surface area contributed by atoms with Gasteiger partial charge in [-0.2, -0.15) is 0 Å². The van der Waals surface area contributed by atoms with Crippen molar-refractivity contribution in [2.75, 3.05) is 0 Å². The lowest BCUT2D eigenvalue weighted by atomic mass is 10.1. The van der Waals surface area contributed by atoms with E-state index in [0.29, 0.717) is 0 Å². The van der Waals surface area contributed by atoms with Crippen LogP contribution in [0.25, 0.3) is 16.9 Å². The number of carbonyl (C=O) groups is 1. The largest absolute Gasteiger partial charge is 0.464 e. The van der Waals surface area contributed by atoms with Crippen LogP contribution in [0.4, 0.5) is 8.78 Å². The Morgan fingerprint density at radius 2 is 1.76 bits per heavy atom. The Morgan fingerprint density at radius 1 is 1.09 bits per heavy atom. The van der Waals surface area contributed by atoms with Crippen LogP contribution in [0, 0.1) is 25.5 Å². The maximum atomic E-state index is 12.8. The van der Waals surface area contributed by atoms with E-state index in [2.05, 4.69) is 37.9 Å². The van der Waals surface area contributed by atoms with Crippen LogP contribution in [0.1, 0.15) is 66.3 Å². The topological polar surface area (TPSA) is 39.2 Å². The highest BCUT2D eigenvalue weighted by Crippen LogP contribution is 2.35. The molecule has 2 aromatic heterocycles. The van der Waals surface area contributed by atoms with Gasteiger partial charge in [0, 0.05) is 28.8 Å². The van der Waals surface area contributed by atoms with Gasteiger partial charge in [0.15, 0.2) is 5.78 Å². The molecule has 0 radical (unpaired) electrons. The average Bonchev–Trinajstić information content (AvgIpc) is 3.21. The first-order valence-electron chi connectivity index (χ1n) is 11.2. The van der Waals surface area contributed by atoms with E-state index >= 15 is 0 Å². The van der Waals surface area contributed by atoms with Crippen LogP contribution >= 0.6 is 11.3 Å². The quantitative estimate of drug-likeness (QED) is 0.249. The standard InChI is InChI=1S/C19H23NOS.C9H8F2O/c1-6-13(3)12-21-18(7-2)19-10-17(15(5)22-19)16-9-8-14(4)20-11-16;1-2-8(12)9-6(10)4-3-5-7(9)11/h7-12H,6H2,1-5H3;3-5H,2H2,1H3/b13-12+,18-7-;. The van der Waals surface area contributed by atoms with Gasteiger partial charge in [0.2, 0.25) is 0 Å². The van der Waals surface area contributed by atoms with Crippen LogP contribution in [-0.2, 0) is 4.74 Å². The van der Waals surface area contributed by atoms with Crippen molar-refractivity contribution in [2.45, 2.75) is 54.4 Å². The first-order valence-corrected chi connectivity index (χ1v) is 12.0. The highest BCUT2D eigenvalue weighted by Gasteiger charge is 2.14. The maximum Gasteiger partial charge on any atom is 0.168 e. The van der Waals surface area contributed by atoms with Crippen molar-refractivity contribution in [3.8, 4) is 11.1 Å². The van der Waals surface area contributed by atoms with Gasteiger partial charge in [-0.15, -0.1) is 11.3 Å². The Bertz CT molecular complexity index is 1160. The third-order valence-corrected chi connectivity index (χ3v) is 6.22. The van der Waals surface area contributed by atoms with Crippen molar-refractivity contribution in [3.63, 3.8) is 0 Å². The minimum absolute atomic E-state index is 0.109. The molecule has 1 aromatic carbocycles. The van der Waals surface area contributed by atoms with Crippen LogP contribution < -0.4 is 0 Å². The second kappa shape index (κ2) is 12.9. The molecule has 180 valence electrons. The van der Waals surface area contributed by atoms with Gasteiger partial charge in [-0.1, -0.05) is 26.0 Å². The van der Waals surface area contributed by atoms with Crippen molar-refractivity contribution in [3.05, 3.63) is 93.2 Å². The summed E-state index contributed by atoms with van der Waals surface area (Å²) in [5, 5.41) is 0. The summed E-state index contributed by atoms with van der Waals surface area (Å²) in [6.07, 6.45) is 6.91. The number of thiophene rings is 1. The van der Waals surface area contributed by atoms with E-state index < -0.39 is 23.0 Å². The van der Waals surface area contributed by atoms with Crippen LogP contribution in [0.2, 0.25) is 0 Å². The third-order valence-electron chi connectivity index (χ3n) is 5.15. The van der Waals surface area contributed by atoms with E-state index in [1.807, 2.05) is 38.4 Å². The van der Waals surface area contributed by atoms with Gasteiger partial charge in [0.25, 0.3) is 0 Å². The summed E-state index contributed by atoms with van der Waals surface area (Å²) in [5.41, 5.74) is 4.22. The normalized spacial score (nSPS) is 11.6. The van der Waals surface area contributed by atoms with E-state index in [0.717, 1.165) is 40.4 Å². The zero-order chi connectivity index (χ0) is 25.3. The Morgan fingerprint density at radius 3 is 2.29 bits per heavy atom. The van der Waals surface area contributed by atoms with Crippen LogP contribution in [0.15, 0.2) is 60.5 Å². The number of nitrogens with zero attached hydrogens (tertiary/aromatic N) is 1. The number of carbonyl (C=O) groups excluding carboxylic acids is 1. The van der Waals surface area contributed by atoms with Crippen LogP contribution in [-0.4, -0.2) is 10.8 Å². The molecule has 0 bridgehead atoms. The van der Waals surface area contributed by atoms with Crippen molar-refractivity contribution >= 4 is 22.9 Å². The molecule has 3 aromatic rings. The maximum absolute atomic E-state index is 12.8. The number of pyridine rings is 1. The Balaban J connectivity index is 0.000000287. The zero-order valence-electron chi connectivity index (χ0n) is 20.5. The molecule has 0 amide bonds. The lowest BCUT2D eigenvalue weighted by Crippen LogP contribution is -2.03. The molecule has 0 unspecified atom stereocenters. The fourth-order valence-corrected chi connectivity index (χ4v) is 4.03. The molecule has 0 atom stereocenters. The smallest absolute Gasteiger partial charge is 0.168 e. The Labute approximate surface area is 204 Å². The molecule has 3 nitrogen and oxygen atoms in total. The van der Waals surface area contributed by atoms with Crippen molar-refractivity contribution in [2.24, 2.45) is 0 Å². The molecule has 0 saturated carbocycles. The Kier molecular flexibility index (Phi) is 10.3. The lowest BCUT2D eigenvalue weighted by Gasteiger charge is -2.04. The van der Waals surface area contributed by atoms with Gasteiger partial charge in [0.05, 0.1) is 16.7 Å². The summed E-state index contributed by atoms with van der Waals surface area (Å²) in [5.74, 6) is -1.18. The van der Waals surface area contributed by atoms with E-state index in [4.69, 9.17) is 4.74 Å². The summed E-state index contributed by atoms with van der Waals surface area (Å²) in [4.78, 5) is 17.8. The molecule has 0 aliphatic rings. The van der Waals surface area contributed by atoms with Gasteiger partial charge >= 0.3 is 0 Å². The van der Waals surface area contributed by atoms with Crippen LogP contribution in [0.3, 0.4) is 0 Å². The molecule has 2 heterocycles. The highest BCUT2D eigenvalue weighted by molar-refractivity contribution is 7.13. The summed E-state index contributed by atoms with van der Waals surface area (Å²) in [6.45, 7) is 11.9. The monoisotopic (exact) mass is 483 g/mol. The molecule has 0 fully saturated rings. The summed E-state index contributed by atoms with van der Waals surface area (Å²) < 4.78 is 31.5. The predicted molar refractivity (Wildman–Crippen MR) is 137 cm³/mol. The zero-order valence-corrected chi connectivity index (χ0v) is 21.4. The molecule has 0 aliphatic carbocycles. The molecular weight excluding hydrogens is 452 g/mol. The average molecular weight is 484 g/mol. The number of Topliss-reactive ketones (excluding diaryl/α,β-unsaturated/α-hetero) is 1. The molecule has 0 spiro atoms. The van der Waals surface area contributed by atoms with E-state index in [1.54, 1.807) is 18.3 Å². The minimum atomic E-state index is -0.790. The van der Waals surface area contributed by atoms with E-state index in [1.165, 1.54) is 22.1 Å². The minimum Gasteiger partial charge on any atom is -0.464 e. The molecule has 3 rings (SSSR count). The molecule has 34 heavy (non-hydrogen) atoms. The molecule has 6 heteroatoms. The molecular formula is C28H31F2NO2S. The van der Waals surface area contributed by atoms with Crippen LogP contribution in [0.5, 0.6) is 0 Å². The highest BCUT2D eigenvalue weighted by atomic mass is 32.1. The molecule has 0 aliphatic heterocycles. The van der Waals surface area contributed by atoms with Crippen molar-refractivity contribution in [1.29, 1.82) is 0 Å². The fourth-order valence-electron chi connectivity index (χ4n) is 2.97.